The van der Waals surface area contributed by atoms with Crippen molar-refractivity contribution in [2.75, 3.05) is 25.7 Å². The number of carbonyl (C=O) groups is 1. The largest absolute Gasteiger partial charge is 0.449 e. The third-order valence-corrected chi connectivity index (χ3v) is 1.30. The van der Waals surface area contributed by atoms with E-state index in [1.807, 2.05) is 6.26 Å². The van der Waals surface area contributed by atoms with Crippen LogP contribution in [-0.4, -0.2) is 31.8 Å². The van der Waals surface area contributed by atoms with E-state index in [9.17, 15) is 4.79 Å². The zero-order valence-electron chi connectivity index (χ0n) is 5.64. The van der Waals surface area contributed by atoms with Crippen LogP contribution in [0.25, 0.3) is 0 Å². The van der Waals surface area contributed by atoms with Crippen LogP contribution in [0.5, 0.6) is 0 Å². The van der Waals surface area contributed by atoms with Crippen LogP contribution in [0.15, 0.2) is 0 Å². The number of hydrogen-bond donors (Lipinski definition) is 1. The molecule has 0 radical (unpaired) electrons. The number of thioether (sulfide) groups is 1. The minimum Gasteiger partial charge on any atom is -0.449 e. The number of nitrogens with one attached hydrogen (secondary N) is 1. The normalized spacial score (nSPS) is 8.67. The van der Waals surface area contributed by atoms with Crippen LogP contribution in [0.3, 0.4) is 0 Å². The average Bonchev–Trinajstić information content (AvgIpc) is 1.89. The van der Waals surface area contributed by atoms with E-state index in [0.29, 0.717) is 6.61 Å². The Morgan fingerprint density at radius 1 is 1.78 bits per heavy atom. The smallest absolute Gasteiger partial charge is 0.406 e. The predicted octanol–water partition coefficient (Wildman–Crippen LogP) is 0.705. The van der Waals surface area contributed by atoms with E-state index in [0.717, 1.165) is 5.75 Å². The van der Waals surface area contributed by atoms with Gasteiger partial charge in [0.25, 0.3) is 0 Å². The summed E-state index contributed by atoms with van der Waals surface area (Å²) in [5, 5.41) is 2.35. The Kier molecular flexibility index (Phi) is 5.51. The van der Waals surface area contributed by atoms with Crippen molar-refractivity contribution in [2.24, 2.45) is 0 Å². The summed E-state index contributed by atoms with van der Waals surface area (Å²) < 4.78 is 4.66. The molecule has 1 amide bonds. The fourth-order valence-electron chi connectivity index (χ4n) is 0.290. The second-order valence-electron chi connectivity index (χ2n) is 1.38. The molecule has 3 nitrogen and oxygen atoms in total. The topological polar surface area (TPSA) is 38.3 Å². The zero-order chi connectivity index (χ0) is 7.11. The van der Waals surface area contributed by atoms with Crippen molar-refractivity contribution in [1.82, 2.24) is 5.32 Å². The van der Waals surface area contributed by atoms with Gasteiger partial charge in [-0.05, 0) is 6.26 Å². The molecule has 0 saturated carbocycles. The van der Waals surface area contributed by atoms with Gasteiger partial charge in [0.15, 0.2) is 0 Å². The number of hydrogen-bond acceptors (Lipinski definition) is 3. The van der Waals surface area contributed by atoms with Gasteiger partial charge in [0.05, 0.1) is 0 Å². The van der Waals surface area contributed by atoms with Crippen molar-refractivity contribution >= 4 is 17.9 Å². The lowest BCUT2D eigenvalue weighted by atomic mass is 10.8. The Balaban J connectivity index is 2.97. The third kappa shape index (κ3) is 5.49. The van der Waals surface area contributed by atoms with Gasteiger partial charge < -0.3 is 10.1 Å². The molecule has 0 aromatic carbocycles. The van der Waals surface area contributed by atoms with Crippen molar-refractivity contribution in [2.45, 2.75) is 0 Å². The maximum atomic E-state index is 10.3. The molecule has 54 valence electrons. The average molecular weight is 149 g/mol. The molecular weight excluding hydrogens is 138 g/mol. The summed E-state index contributed by atoms with van der Waals surface area (Å²) in [7, 11) is 1.54. The quantitative estimate of drug-likeness (QED) is 0.600. The Morgan fingerprint density at radius 2 is 2.44 bits per heavy atom. The van der Waals surface area contributed by atoms with E-state index in [-0.39, 0.29) is 6.09 Å². The van der Waals surface area contributed by atoms with Gasteiger partial charge in [-0.3, -0.25) is 0 Å². The van der Waals surface area contributed by atoms with Crippen molar-refractivity contribution in [1.29, 1.82) is 0 Å². The van der Waals surface area contributed by atoms with E-state index in [1.165, 1.54) is 0 Å². The minimum absolute atomic E-state index is 0.357. The highest BCUT2D eigenvalue weighted by molar-refractivity contribution is 7.98. The van der Waals surface area contributed by atoms with Crippen molar-refractivity contribution in [3.63, 3.8) is 0 Å². The molecule has 0 aromatic rings. The van der Waals surface area contributed by atoms with Gasteiger partial charge in [0.1, 0.15) is 6.61 Å². The van der Waals surface area contributed by atoms with Crippen LogP contribution < -0.4 is 5.32 Å². The van der Waals surface area contributed by atoms with E-state index in [2.05, 4.69) is 10.1 Å². The van der Waals surface area contributed by atoms with Crippen LogP contribution in [0.2, 0.25) is 0 Å². The van der Waals surface area contributed by atoms with Gasteiger partial charge in [0, 0.05) is 12.8 Å². The zero-order valence-corrected chi connectivity index (χ0v) is 6.46. The number of rotatable bonds is 3. The SMILES string of the molecule is CNC(=O)OCCSC. The van der Waals surface area contributed by atoms with Crippen molar-refractivity contribution in [3.8, 4) is 0 Å². The van der Waals surface area contributed by atoms with Crippen molar-refractivity contribution < 1.29 is 9.53 Å². The minimum atomic E-state index is -0.357. The summed E-state index contributed by atoms with van der Waals surface area (Å²) in [6.07, 6.45) is 1.61. The summed E-state index contributed by atoms with van der Waals surface area (Å²) in [6.45, 7) is 0.487. The molecular formula is C5H11NO2S. The molecule has 0 spiro atoms. The standard InChI is InChI=1S/C5H11NO2S/c1-6-5(7)8-3-4-9-2/h3-4H2,1-2H3,(H,6,7). The lowest BCUT2D eigenvalue weighted by Crippen LogP contribution is -2.20. The molecule has 0 unspecified atom stereocenters. The molecule has 0 aliphatic rings. The molecule has 0 fully saturated rings. The van der Waals surface area contributed by atoms with Crippen molar-refractivity contribution in [3.05, 3.63) is 0 Å². The fourth-order valence-corrected chi connectivity index (χ4v) is 0.540. The molecule has 1 N–H and O–H groups in total. The first kappa shape index (κ1) is 8.62. The molecule has 0 bridgehead atoms. The third-order valence-electron chi connectivity index (χ3n) is 0.725. The van der Waals surface area contributed by atoms with Crippen LogP contribution in [0.4, 0.5) is 4.79 Å². The molecule has 0 rings (SSSR count). The Bertz CT molecular complexity index is 87.0. The summed E-state index contributed by atoms with van der Waals surface area (Å²) >= 11 is 1.65. The Hall–Kier alpha value is -0.380. The maximum Gasteiger partial charge on any atom is 0.406 e. The first-order valence-electron chi connectivity index (χ1n) is 2.64. The summed E-state index contributed by atoms with van der Waals surface area (Å²) in [4.78, 5) is 10.3. The molecule has 0 aliphatic carbocycles. The number of amides is 1. The number of carbonyl (C=O) groups excluding carboxylic acids is 1. The first-order chi connectivity index (χ1) is 4.31. The Labute approximate surface area is 59.1 Å². The number of alkyl carbamates (subject to hydrolysis) is 1. The predicted molar refractivity (Wildman–Crippen MR) is 38.8 cm³/mol. The van der Waals surface area contributed by atoms with Crippen LogP contribution in [0, 0.1) is 0 Å². The van der Waals surface area contributed by atoms with Crippen LogP contribution in [-0.2, 0) is 4.74 Å². The highest BCUT2D eigenvalue weighted by Gasteiger charge is 1.93. The molecule has 0 saturated heterocycles. The van der Waals surface area contributed by atoms with Gasteiger partial charge in [-0.25, -0.2) is 4.79 Å². The molecule has 0 heterocycles. The maximum absolute atomic E-state index is 10.3. The first-order valence-corrected chi connectivity index (χ1v) is 4.04. The van der Waals surface area contributed by atoms with Crippen LogP contribution >= 0.6 is 11.8 Å². The van der Waals surface area contributed by atoms with Gasteiger partial charge in [-0.1, -0.05) is 0 Å². The molecule has 9 heavy (non-hydrogen) atoms. The van der Waals surface area contributed by atoms with Gasteiger partial charge in [0.2, 0.25) is 0 Å². The number of ether oxygens (including phenoxy) is 1. The molecule has 4 heteroatoms. The Morgan fingerprint density at radius 3 is 2.89 bits per heavy atom. The van der Waals surface area contributed by atoms with Gasteiger partial charge >= 0.3 is 6.09 Å². The van der Waals surface area contributed by atoms with E-state index >= 15 is 0 Å². The van der Waals surface area contributed by atoms with Gasteiger partial charge in [-0.2, -0.15) is 11.8 Å². The van der Waals surface area contributed by atoms with E-state index in [1.54, 1.807) is 18.8 Å². The van der Waals surface area contributed by atoms with E-state index in [4.69, 9.17) is 0 Å². The molecule has 0 aliphatic heterocycles. The molecule has 0 aromatic heterocycles. The lowest BCUT2D eigenvalue weighted by Gasteiger charge is -2.00. The monoisotopic (exact) mass is 149 g/mol. The van der Waals surface area contributed by atoms with Gasteiger partial charge in [-0.15, -0.1) is 0 Å². The molecule has 0 atom stereocenters. The highest BCUT2D eigenvalue weighted by Crippen LogP contribution is 1.89. The second-order valence-corrected chi connectivity index (χ2v) is 2.36. The van der Waals surface area contributed by atoms with Crippen LogP contribution in [0.1, 0.15) is 0 Å². The fraction of sp³-hybridized carbons (Fsp3) is 0.800. The summed E-state index contributed by atoms with van der Waals surface area (Å²) in [5.41, 5.74) is 0. The second kappa shape index (κ2) is 5.75. The van der Waals surface area contributed by atoms with E-state index < -0.39 is 0 Å². The lowest BCUT2D eigenvalue weighted by molar-refractivity contribution is 0.155. The summed E-state index contributed by atoms with van der Waals surface area (Å²) in [6, 6.07) is 0. The highest BCUT2D eigenvalue weighted by atomic mass is 32.2. The summed E-state index contributed by atoms with van der Waals surface area (Å²) in [5.74, 6) is 0.855.